The molecule has 2 heterocycles. The van der Waals surface area contributed by atoms with Gasteiger partial charge in [-0.2, -0.15) is 0 Å². The first-order valence-electron chi connectivity index (χ1n) is 9.16. The SMILES string of the molecule is Cc1cc(C(=O)COC(=O)CCCNC(=O)c2ccco2)c(C)n1C1CC1. The lowest BCUT2D eigenvalue weighted by molar-refractivity contribution is -0.142. The van der Waals surface area contributed by atoms with Crippen molar-refractivity contribution in [3.05, 3.63) is 47.2 Å². The molecule has 0 saturated heterocycles. The van der Waals surface area contributed by atoms with E-state index in [1.54, 1.807) is 12.1 Å². The number of rotatable bonds is 9. The lowest BCUT2D eigenvalue weighted by Crippen LogP contribution is -2.24. The molecule has 144 valence electrons. The number of aryl methyl sites for hydroxylation is 1. The summed E-state index contributed by atoms with van der Waals surface area (Å²) in [6.45, 7) is 3.99. The third-order valence-corrected chi connectivity index (χ3v) is 4.65. The van der Waals surface area contributed by atoms with Gasteiger partial charge in [0.25, 0.3) is 5.91 Å². The molecule has 7 nitrogen and oxygen atoms in total. The Hall–Kier alpha value is -2.83. The minimum atomic E-state index is -0.452. The quantitative estimate of drug-likeness (QED) is 0.415. The molecule has 1 aliphatic rings. The first kappa shape index (κ1) is 18.9. The molecule has 1 aliphatic carbocycles. The fraction of sp³-hybridized carbons (Fsp3) is 0.450. The Morgan fingerprint density at radius 3 is 2.74 bits per heavy atom. The van der Waals surface area contributed by atoms with Gasteiger partial charge in [-0.1, -0.05) is 0 Å². The first-order chi connectivity index (χ1) is 13.0. The first-order valence-corrected chi connectivity index (χ1v) is 9.16. The van der Waals surface area contributed by atoms with Gasteiger partial charge in [0.05, 0.1) is 6.26 Å². The van der Waals surface area contributed by atoms with Gasteiger partial charge < -0.3 is 19.0 Å². The Bertz CT molecular complexity index is 831. The van der Waals surface area contributed by atoms with Crippen molar-refractivity contribution in [2.75, 3.05) is 13.2 Å². The molecular weight excluding hydrogens is 348 g/mol. The smallest absolute Gasteiger partial charge is 0.306 e. The van der Waals surface area contributed by atoms with Crippen LogP contribution in [0.2, 0.25) is 0 Å². The summed E-state index contributed by atoms with van der Waals surface area (Å²) < 4.78 is 12.3. The topological polar surface area (TPSA) is 90.5 Å². The van der Waals surface area contributed by atoms with E-state index in [1.165, 1.54) is 6.26 Å². The van der Waals surface area contributed by atoms with E-state index in [9.17, 15) is 14.4 Å². The average Bonchev–Trinajstić information content (AvgIpc) is 3.21. The molecule has 0 radical (unpaired) electrons. The van der Waals surface area contributed by atoms with Gasteiger partial charge >= 0.3 is 5.97 Å². The van der Waals surface area contributed by atoms with Crippen LogP contribution in [0.1, 0.15) is 64.0 Å². The van der Waals surface area contributed by atoms with Crippen molar-refractivity contribution < 1.29 is 23.5 Å². The Balaban J connectivity index is 1.38. The second-order valence-electron chi connectivity index (χ2n) is 6.81. The largest absolute Gasteiger partial charge is 0.459 e. The zero-order valence-corrected chi connectivity index (χ0v) is 15.6. The number of furan rings is 1. The molecule has 0 atom stereocenters. The monoisotopic (exact) mass is 372 g/mol. The van der Waals surface area contributed by atoms with Gasteiger partial charge in [-0.05, 0) is 51.3 Å². The van der Waals surface area contributed by atoms with Crippen molar-refractivity contribution in [2.45, 2.75) is 45.6 Å². The number of ether oxygens (including phenoxy) is 1. The molecule has 0 unspecified atom stereocenters. The van der Waals surface area contributed by atoms with E-state index >= 15 is 0 Å². The number of nitrogens with zero attached hydrogens (tertiary/aromatic N) is 1. The maximum absolute atomic E-state index is 12.4. The molecule has 2 aromatic rings. The molecule has 3 rings (SSSR count). The third kappa shape index (κ3) is 4.67. The van der Waals surface area contributed by atoms with E-state index in [2.05, 4.69) is 9.88 Å². The van der Waals surface area contributed by atoms with E-state index in [4.69, 9.17) is 9.15 Å². The zero-order valence-electron chi connectivity index (χ0n) is 15.6. The number of ketones is 1. The highest BCUT2D eigenvalue weighted by Gasteiger charge is 2.28. The number of esters is 1. The van der Waals surface area contributed by atoms with Crippen molar-refractivity contribution in [3.8, 4) is 0 Å². The summed E-state index contributed by atoms with van der Waals surface area (Å²) >= 11 is 0. The van der Waals surface area contributed by atoms with Gasteiger partial charge in [0.15, 0.2) is 12.4 Å². The molecule has 1 saturated carbocycles. The number of carbonyl (C=O) groups is 3. The third-order valence-electron chi connectivity index (χ3n) is 4.65. The van der Waals surface area contributed by atoms with Crippen LogP contribution in [0, 0.1) is 13.8 Å². The average molecular weight is 372 g/mol. The van der Waals surface area contributed by atoms with E-state index in [-0.39, 0.29) is 30.5 Å². The molecule has 1 N–H and O–H groups in total. The maximum atomic E-state index is 12.4. The van der Waals surface area contributed by atoms with Gasteiger partial charge in [-0.3, -0.25) is 14.4 Å². The number of hydrogen-bond donors (Lipinski definition) is 1. The second kappa shape index (κ2) is 8.24. The summed E-state index contributed by atoms with van der Waals surface area (Å²) in [5, 5.41) is 2.65. The van der Waals surface area contributed by atoms with Crippen molar-refractivity contribution in [2.24, 2.45) is 0 Å². The zero-order chi connectivity index (χ0) is 19.4. The molecule has 0 aliphatic heterocycles. The fourth-order valence-electron chi connectivity index (χ4n) is 3.18. The van der Waals surface area contributed by atoms with Gasteiger partial charge in [-0.25, -0.2) is 0 Å². The van der Waals surface area contributed by atoms with Crippen LogP contribution < -0.4 is 5.32 Å². The summed E-state index contributed by atoms with van der Waals surface area (Å²) in [5.74, 6) is -0.734. The van der Waals surface area contributed by atoms with E-state index < -0.39 is 5.97 Å². The predicted molar refractivity (Wildman–Crippen MR) is 97.7 cm³/mol. The summed E-state index contributed by atoms with van der Waals surface area (Å²) in [7, 11) is 0. The highest BCUT2D eigenvalue weighted by Crippen LogP contribution is 2.38. The van der Waals surface area contributed by atoms with Gasteiger partial charge in [0.2, 0.25) is 5.78 Å². The van der Waals surface area contributed by atoms with Crippen molar-refractivity contribution in [1.29, 1.82) is 0 Å². The van der Waals surface area contributed by atoms with Crippen molar-refractivity contribution in [1.82, 2.24) is 9.88 Å². The lowest BCUT2D eigenvalue weighted by Gasteiger charge is -2.08. The van der Waals surface area contributed by atoms with E-state index in [1.807, 2.05) is 19.9 Å². The number of Topliss-reactive ketones (excluding diaryl/α,β-unsaturated/α-hetero) is 1. The standard InChI is InChI=1S/C20H24N2O5/c1-13-11-16(14(2)22(13)15-7-8-15)17(23)12-27-19(24)6-3-9-21-20(25)18-5-4-10-26-18/h4-5,10-11,15H,3,6-9,12H2,1-2H3,(H,21,25). The van der Waals surface area contributed by atoms with Gasteiger partial charge in [-0.15, -0.1) is 0 Å². The van der Waals surface area contributed by atoms with Crippen LogP contribution in [-0.2, 0) is 9.53 Å². The van der Waals surface area contributed by atoms with E-state index in [0.717, 1.165) is 24.2 Å². The Morgan fingerprint density at radius 2 is 2.07 bits per heavy atom. The minimum Gasteiger partial charge on any atom is -0.459 e. The highest BCUT2D eigenvalue weighted by molar-refractivity contribution is 5.99. The summed E-state index contributed by atoms with van der Waals surface area (Å²) in [5.41, 5.74) is 2.63. The molecule has 2 aromatic heterocycles. The molecule has 7 heteroatoms. The van der Waals surface area contributed by atoms with Crippen molar-refractivity contribution >= 4 is 17.7 Å². The van der Waals surface area contributed by atoms with Crippen LogP contribution in [0.4, 0.5) is 0 Å². The molecule has 27 heavy (non-hydrogen) atoms. The maximum Gasteiger partial charge on any atom is 0.306 e. The second-order valence-corrected chi connectivity index (χ2v) is 6.81. The number of carbonyl (C=O) groups excluding carboxylic acids is 3. The Kier molecular flexibility index (Phi) is 5.78. The van der Waals surface area contributed by atoms with Crippen molar-refractivity contribution in [3.63, 3.8) is 0 Å². The van der Waals surface area contributed by atoms with Gasteiger partial charge in [0.1, 0.15) is 0 Å². The predicted octanol–water partition coefficient (Wildman–Crippen LogP) is 2.97. The Labute approximate surface area is 157 Å². The molecule has 1 fully saturated rings. The number of aromatic nitrogens is 1. The van der Waals surface area contributed by atoms with Gasteiger partial charge in [0, 0.05) is 36.0 Å². The van der Waals surface area contributed by atoms with Crippen LogP contribution >= 0.6 is 0 Å². The number of nitrogens with one attached hydrogen (secondary N) is 1. The minimum absolute atomic E-state index is 0.132. The molecule has 0 aromatic carbocycles. The summed E-state index contributed by atoms with van der Waals surface area (Å²) in [4.78, 5) is 35.9. The Morgan fingerprint density at radius 1 is 1.30 bits per heavy atom. The van der Waals surface area contributed by atoms with E-state index in [0.29, 0.717) is 24.6 Å². The number of amides is 1. The van der Waals surface area contributed by atoms with Crippen LogP contribution in [0.5, 0.6) is 0 Å². The molecular formula is C20H24N2O5. The van der Waals surface area contributed by atoms with Crippen LogP contribution in [0.3, 0.4) is 0 Å². The normalized spacial score (nSPS) is 13.4. The lowest BCUT2D eigenvalue weighted by atomic mass is 10.1. The molecule has 0 bridgehead atoms. The summed E-state index contributed by atoms with van der Waals surface area (Å²) in [6, 6.07) is 5.57. The van der Waals surface area contributed by atoms with Crippen LogP contribution in [-0.4, -0.2) is 35.4 Å². The molecule has 1 amide bonds. The van der Waals surface area contributed by atoms with Crippen LogP contribution in [0.25, 0.3) is 0 Å². The fourth-order valence-corrected chi connectivity index (χ4v) is 3.18. The van der Waals surface area contributed by atoms with Crippen LogP contribution in [0.15, 0.2) is 28.9 Å². The number of hydrogen-bond acceptors (Lipinski definition) is 5. The summed E-state index contributed by atoms with van der Waals surface area (Å²) in [6.07, 6.45) is 4.28. The molecule has 0 spiro atoms. The highest BCUT2D eigenvalue weighted by atomic mass is 16.5.